The number of carbonyl (C=O) groups is 1. The minimum Gasteiger partial charge on any atom is -0.338 e. The van der Waals surface area contributed by atoms with Gasteiger partial charge in [-0.1, -0.05) is 28.9 Å². The second kappa shape index (κ2) is 7.00. The maximum Gasteiger partial charge on any atom is 0.318 e. The molecule has 2 aromatic rings. The molecule has 122 valence electrons. The highest BCUT2D eigenvalue weighted by Gasteiger charge is 2.32. The highest BCUT2D eigenvalue weighted by Crippen LogP contribution is 2.31. The van der Waals surface area contributed by atoms with Crippen LogP contribution in [0.4, 0.5) is 4.79 Å². The van der Waals surface area contributed by atoms with Gasteiger partial charge >= 0.3 is 6.03 Å². The molecule has 7 heteroatoms. The molecule has 0 bridgehead atoms. The number of halogens is 1. The first-order chi connectivity index (χ1) is 11.2. The molecule has 1 aromatic carbocycles. The molecule has 1 atom stereocenters. The average molecular weight is 335 g/mol. The molecule has 1 fully saturated rings. The molecule has 2 amide bonds. The van der Waals surface area contributed by atoms with Gasteiger partial charge in [0.2, 0.25) is 11.7 Å². The van der Waals surface area contributed by atoms with Crippen molar-refractivity contribution in [2.75, 3.05) is 13.1 Å². The van der Waals surface area contributed by atoms with Gasteiger partial charge in [-0.05, 0) is 38.3 Å². The molecule has 1 saturated heterocycles. The van der Waals surface area contributed by atoms with Crippen molar-refractivity contribution in [3.63, 3.8) is 0 Å². The first kappa shape index (κ1) is 15.8. The number of hydrogen-bond donors (Lipinski definition) is 1. The highest BCUT2D eigenvalue weighted by atomic mass is 35.5. The summed E-state index contributed by atoms with van der Waals surface area (Å²) in [4.78, 5) is 18.5. The van der Waals surface area contributed by atoms with Crippen molar-refractivity contribution in [3.05, 3.63) is 35.2 Å². The average Bonchev–Trinajstić information content (AvgIpc) is 3.05. The zero-order valence-corrected chi connectivity index (χ0v) is 13.7. The predicted octanol–water partition coefficient (Wildman–Crippen LogP) is 3.65. The van der Waals surface area contributed by atoms with Gasteiger partial charge in [0.05, 0.1) is 0 Å². The molecule has 1 unspecified atom stereocenters. The highest BCUT2D eigenvalue weighted by molar-refractivity contribution is 6.30. The topological polar surface area (TPSA) is 71.3 Å². The SMILES string of the molecule is CCNC(=O)N1CCCCC1c1nc(-c2cccc(Cl)c2)no1. The van der Waals surface area contributed by atoms with Crippen LogP contribution in [-0.4, -0.2) is 34.2 Å². The molecule has 23 heavy (non-hydrogen) atoms. The van der Waals surface area contributed by atoms with E-state index in [9.17, 15) is 4.79 Å². The van der Waals surface area contributed by atoms with Crippen molar-refractivity contribution in [2.45, 2.75) is 32.2 Å². The van der Waals surface area contributed by atoms with Crippen LogP contribution in [0.5, 0.6) is 0 Å². The Hall–Kier alpha value is -2.08. The van der Waals surface area contributed by atoms with E-state index >= 15 is 0 Å². The van der Waals surface area contributed by atoms with Gasteiger partial charge in [0.25, 0.3) is 0 Å². The maximum absolute atomic E-state index is 12.2. The number of nitrogens with one attached hydrogen (secondary N) is 1. The van der Waals surface area contributed by atoms with E-state index in [1.54, 1.807) is 17.0 Å². The van der Waals surface area contributed by atoms with Crippen LogP contribution in [0.1, 0.15) is 38.1 Å². The van der Waals surface area contributed by atoms with E-state index in [1.165, 1.54) is 0 Å². The van der Waals surface area contributed by atoms with E-state index < -0.39 is 0 Å². The lowest BCUT2D eigenvalue weighted by Crippen LogP contribution is -2.44. The fourth-order valence-corrected chi connectivity index (χ4v) is 2.99. The van der Waals surface area contributed by atoms with Gasteiger partial charge in [-0.3, -0.25) is 0 Å². The van der Waals surface area contributed by atoms with Gasteiger partial charge in [0, 0.05) is 23.7 Å². The standard InChI is InChI=1S/C16H19ClN4O2/c1-2-18-16(22)21-9-4-3-8-13(21)15-19-14(20-23-15)11-6-5-7-12(17)10-11/h5-7,10,13H,2-4,8-9H2,1H3,(H,18,22). The van der Waals surface area contributed by atoms with E-state index in [-0.39, 0.29) is 12.1 Å². The molecule has 1 N–H and O–H groups in total. The van der Waals surface area contributed by atoms with E-state index in [2.05, 4.69) is 15.5 Å². The molecule has 0 aliphatic carbocycles. The number of carbonyl (C=O) groups excluding carboxylic acids is 1. The van der Waals surface area contributed by atoms with Crippen molar-refractivity contribution in [2.24, 2.45) is 0 Å². The van der Waals surface area contributed by atoms with E-state index in [4.69, 9.17) is 16.1 Å². The van der Waals surface area contributed by atoms with Crippen LogP contribution in [0.2, 0.25) is 5.02 Å². The zero-order valence-electron chi connectivity index (χ0n) is 13.0. The fraction of sp³-hybridized carbons (Fsp3) is 0.438. The normalized spacial score (nSPS) is 18.0. The Labute approximate surface area is 139 Å². The van der Waals surface area contributed by atoms with E-state index in [0.717, 1.165) is 24.8 Å². The Morgan fingerprint density at radius 1 is 1.48 bits per heavy atom. The molecule has 0 saturated carbocycles. The summed E-state index contributed by atoms with van der Waals surface area (Å²) in [6, 6.07) is 7.05. The number of hydrogen-bond acceptors (Lipinski definition) is 4. The monoisotopic (exact) mass is 334 g/mol. The van der Waals surface area contributed by atoms with Crippen LogP contribution in [0.15, 0.2) is 28.8 Å². The van der Waals surface area contributed by atoms with Crippen molar-refractivity contribution in [3.8, 4) is 11.4 Å². The lowest BCUT2D eigenvalue weighted by Gasteiger charge is -2.33. The number of nitrogens with zero attached hydrogens (tertiary/aromatic N) is 3. The Morgan fingerprint density at radius 3 is 3.13 bits per heavy atom. The number of piperidine rings is 1. The third-order valence-electron chi connectivity index (χ3n) is 3.90. The smallest absolute Gasteiger partial charge is 0.318 e. The first-order valence-electron chi connectivity index (χ1n) is 7.83. The van der Waals surface area contributed by atoms with Gasteiger partial charge in [0.1, 0.15) is 6.04 Å². The van der Waals surface area contributed by atoms with Gasteiger partial charge in [-0.2, -0.15) is 4.98 Å². The van der Waals surface area contributed by atoms with Crippen LogP contribution >= 0.6 is 11.6 Å². The molecular weight excluding hydrogens is 316 g/mol. The molecule has 1 aliphatic heterocycles. The summed E-state index contributed by atoms with van der Waals surface area (Å²) in [5, 5.41) is 7.50. The van der Waals surface area contributed by atoms with Gasteiger partial charge in [-0.15, -0.1) is 0 Å². The Morgan fingerprint density at radius 2 is 2.35 bits per heavy atom. The van der Waals surface area contributed by atoms with E-state index in [0.29, 0.717) is 29.8 Å². The predicted molar refractivity (Wildman–Crippen MR) is 87.1 cm³/mol. The number of likely N-dealkylation sites (tertiary alicyclic amines) is 1. The lowest BCUT2D eigenvalue weighted by molar-refractivity contribution is 0.132. The number of aromatic nitrogens is 2. The van der Waals surface area contributed by atoms with E-state index in [1.807, 2.05) is 19.1 Å². The second-order valence-electron chi connectivity index (χ2n) is 5.51. The minimum absolute atomic E-state index is 0.0836. The summed E-state index contributed by atoms with van der Waals surface area (Å²) in [6.07, 6.45) is 2.85. The Bertz CT molecular complexity index is 688. The van der Waals surface area contributed by atoms with Gasteiger partial charge in [0.15, 0.2) is 0 Å². The molecule has 2 heterocycles. The lowest BCUT2D eigenvalue weighted by atomic mass is 10.0. The molecule has 0 radical (unpaired) electrons. The number of rotatable bonds is 3. The van der Waals surface area contributed by atoms with Crippen molar-refractivity contribution < 1.29 is 9.32 Å². The molecular formula is C16H19ClN4O2. The van der Waals surface area contributed by atoms with Gasteiger partial charge in [-0.25, -0.2) is 4.79 Å². The number of amides is 2. The van der Waals surface area contributed by atoms with Crippen LogP contribution in [-0.2, 0) is 0 Å². The zero-order chi connectivity index (χ0) is 16.2. The van der Waals surface area contributed by atoms with Crippen molar-refractivity contribution in [1.82, 2.24) is 20.4 Å². The molecule has 6 nitrogen and oxygen atoms in total. The van der Waals surface area contributed by atoms with Crippen LogP contribution in [0, 0.1) is 0 Å². The van der Waals surface area contributed by atoms with Crippen LogP contribution < -0.4 is 5.32 Å². The van der Waals surface area contributed by atoms with Crippen molar-refractivity contribution in [1.29, 1.82) is 0 Å². The summed E-state index contributed by atoms with van der Waals surface area (Å²) in [7, 11) is 0. The summed E-state index contributed by atoms with van der Waals surface area (Å²) in [5.74, 6) is 0.967. The second-order valence-corrected chi connectivity index (χ2v) is 5.94. The third kappa shape index (κ3) is 3.47. The Balaban J connectivity index is 1.84. The van der Waals surface area contributed by atoms with Crippen molar-refractivity contribution >= 4 is 17.6 Å². The number of benzene rings is 1. The molecule has 1 aromatic heterocycles. The molecule has 1 aliphatic rings. The minimum atomic E-state index is -0.171. The summed E-state index contributed by atoms with van der Waals surface area (Å²) in [6.45, 7) is 3.20. The first-order valence-corrected chi connectivity index (χ1v) is 8.21. The van der Waals surface area contributed by atoms with Gasteiger partial charge < -0.3 is 14.7 Å². The van der Waals surface area contributed by atoms with Crippen LogP contribution in [0.25, 0.3) is 11.4 Å². The molecule has 0 spiro atoms. The third-order valence-corrected chi connectivity index (χ3v) is 4.14. The summed E-state index contributed by atoms with van der Waals surface area (Å²) < 4.78 is 5.43. The van der Waals surface area contributed by atoms with Crippen LogP contribution in [0.3, 0.4) is 0 Å². The summed E-state index contributed by atoms with van der Waals surface area (Å²) in [5.41, 5.74) is 0.799. The quantitative estimate of drug-likeness (QED) is 0.930. The number of urea groups is 1. The Kier molecular flexibility index (Phi) is 4.81. The molecule has 3 rings (SSSR count). The largest absolute Gasteiger partial charge is 0.338 e. The fourth-order valence-electron chi connectivity index (χ4n) is 2.80. The summed E-state index contributed by atoms with van der Waals surface area (Å²) >= 11 is 6.00. The maximum atomic E-state index is 12.2.